The molecule has 0 amide bonds. The van der Waals surface area contributed by atoms with Gasteiger partial charge in [-0.2, -0.15) is 18.4 Å². The Morgan fingerprint density at radius 3 is 2.45 bits per heavy atom. The molecule has 0 saturated carbocycles. The second-order valence-electron chi connectivity index (χ2n) is 5.79. The number of ether oxygens (including phenoxy) is 1. The Morgan fingerprint density at radius 2 is 1.86 bits per heavy atom. The number of rotatable bonds is 3. The first-order valence-corrected chi connectivity index (χ1v) is 8.09. The van der Waals surface area contributed by atoms with E-state index >= 15 is 0 Å². The molecule has 29 heavy (non-hydrogen) atoms. The summed E-state index contributed by atoms with van der Waals surface area (Å²) in [5.41, 5.74) is 0.135. The lowest BCUT2D eigenvalue weighted by Gasteiger charge is -2.09. The van der Waals surface area contributed by atoms with Crippen molar-refractivity contribution in [2.75, 3.05) is 7.11 Å². The molecule has 0 aliphatic carbocycles. The van der Waals surface area contributed by atoms with Crippen LogP contribution in [0.3, 0.4) is 0 Å². The number of methoxy groups -OCH3 is 1. The molecule has 8 nitrogen and oxygen atoms in total. The van der Waals surface area contributed by atoms with Crippen molar-refractivity contribution in [1.82, 2.24) is 29.5 Å². The zero-order valence-electron chi connectivity index (χ0n) is 14.7. The highest BCUT2D eigenvalue weighted by Crippen LogP contribution is 2.32. The predicted octanol–water partition coefficient (Wildman–Crippen LogP) is 3.17. The maximum absolute atomic E-state index is 13.1. The van der Waals surface area contributed by atoms with Gasteiger partial charge in [0.15, 0.2) is 17.2 Å². The summed E-state index contributed by atoms with van der Waals surface area (Å²) in [7, 11) is 1.46. The zero-order valence-corrected chi connectivity index (χ0v) is 14.7. The summed E-state index contributed by atoms with van der Waals surface area (Å²) in [5.74, 6) is 0.570. The number of nitrogens with zero attached hydrogens (tertiary/aromatic N) is 7. The number of imidazole rings is 1. The SMILES string of the molecule is COc1ccc(-n2c(-c3cnc(C#N)cn3)nc3cc(C(F)(F)F)cnc32)cn1. The molecular weight excluding hydrogens is 387 g/mol. The van der Waals surface area contributed by atoms with Crippen molar-refractivity contribution >= 4 is 11.2 Å². The Labute approximate surface area is 161 Å². The smallest absolute Gasteiger partial charge is 0.417 e. The van der Waals surface area contributed by atoms with E-state index in [9.17, 15) is 13.2 Å². The summed E-state index contributed by atoms with van der Waals surface area (Å²) in [6, 6.07) is 6.02. The second-order valence-corrected chi connectivity index (χ2v) is 5.79. The van der Waals surface area contributed by atoms with Crippen LogP contribution in [0.15, 0.2) is 43.0 Å². The van der Waals surface area contributed by atoms with Gasteiger partial charge in [-0.1, -0.05) is 0 Å². The van der Waals surface area contributed by atoms with Crippen molar-refractivity contribution in [2.45, 2.75) is 6.18 Å². The molecule has 144 valence electrons. The second kappa shape index (κ2) is 6.83. The molecule has 0 aliphatic rings. The molecule has 4 aromatic heterocycles. The maximum Gasteiger partial charge on any atom is 0.417 e. The van der Waals surface area contributed by atoms with Crippen molar-refractivity contribution in [3.05, 3.63) is 54.2 Å². The Balaban J connectivity index is 1.97. The van der Waals surface area contributed by atoms with E-state index < -0.39 is 11.7 Å². The standard InChI is InChI=1S/C18H10F3N7O/c1-29-15-3-2-12(8-25-15)28-16-13(4-10(6-26-16)18(19,20)21)27-17(28)14-9-23-11(5-22)7-24-14/h2-4,6-9H,1H3. The summed E-state index contributed by atoms with van der Waals surface area (Å²) < 4.78 is 45.8. The van der Waals surface area contributed by atoms with Gasteiger partial charge in [0.25, 0.3) is 0 Å². The Kier molecular flexibility index (Phi) is 4.31. The number of hydrogen-bond donors (Lipinski definition) is 0. The monoisotopic (exact) mass is 397 g/mol. The third-order valence-corrected chi connectivity index (χ3v) is 4.01. The van der Waals surface area contributed by atoms with Gasteiger partial charge in [0.2, 0.25) is 5.88 Å². The number of nitriles is 1. The fraction of sp³-hybridized carbons (Fsp3) is 0.111. The predicted molar refractivity (Wildman–Crippen MR) is 94.0 cm³/mol. The van der Waals surface area contributed by atoms with Crippen molar-refractivity contribution in [1.29, 1.82) is 5.26 Å². The molecule has 0 aromatic carbocycles. The van der Waals surface area contributed by atoms with Crippen LogP contribution in [0.1, 0.15) is 11.3 Å². The van der Waals surface area contributed by atoms with E-state index in [1.165, 1.54) is 30.3 Å². The van der Waals surface area contributed by atoms with E-state index in [0.717, 1.165) is 12.3 Å². The lowest BCUT2D eigenvalue weighted by atomic mass is 10.2. The van der Waals surface area contributed by atoms with E-state index in [4.69, 9.17) is 10.00 Å². The molecule has 0 radical (unpaired) electrons. The zero-order chi connectivity index (χ0) is 20.6. The highest BCUT2D eigenvalue weighted by Gasteiger charge is 2.32. The lowest BCUT2D eigenvalue weighted by molar-refractivity contribution is -0.137. The van der Waals surface area contributed by atoms with Gasteiger partial charge in [-0.3, -0.25) is 4.57 Å². The van der Waals surface area contributed by atoms with Gasteiger partial charge in [0, 0.05) is 12.3 Å². The van der Waals surface area contributed by atoms with Crippen molar-refractivity contribution in [3.63, 3.8) is 0 Å². The quantitative estimate of drug-likeness (QED) is 0.523. The molecule has 4 aromatic rings. The first-order valence-electron chi connectivity index (χ1n) is 8.09. The first-order chi connectivity index (χ1) is 13.9. The summed E-state index contributed by atoms with van der Waals surface area (Å²) in [6.45, 7) is 0. The Morgan fingerprint density at radius 1 is 1.03 bits per heavy atom. The molecule has 0 spiro atoms. The average Bonchev–Trinajstić information content (AvgIpc) is 3.12. The first kappa shape index (κ1) is 18.3. The normalized spacial score (nSPS) is 11.4. The van der Waals surface area contributed by atoms with E-state index in [-0.39, 0.29) is 28.4 Å². The van der Waals surface area contributed by atoms with Gasteiger partial charge in [0.05, 0.1) is 37.0 Å². The molecule has 0 saturated heterocycles. The topological polar surface area (TPSA) is 102 Å². The summed E-state index contributed by atoms with van der Waals surface area (Å²) in [5, 5.41) is 8.89. The van der Waals surface area contributed by atoms with Crippen molar-refractivity contribution in [3.8, 4) is 29.2 Å². The van der Waals surface area contributed by atoms with E-state index in [0.29, 0.717) is 11.6 Å². The minimum atomic E-state index is -4.55. The molecule has 4 heterocycles. The van der Waals surface area contributed by atoms with Gasteiger partial charge in [-0.15, -0.1) is 0 Å². The number of alkyl halides is 3. The number of fused-ring (bicyclic) bond motifs is 1. The number of aromatic nitrogens is 6. The highest BCUT2D eigenvalue weighted by molar-refractivity contribution is 5.79. The average molecular weight is 397 g/mol. The number of halogens is 3. The van der Waals surface area contributed by atoms with Crippen LogP contribution in [0.25, 0.3) is 28.4 Å². The van der Waals surface area contributed by atoms with Gasteiger partial charge in [-0.05, 0) is 12.1 Å². The summed E-state index contributed by atoms with van der Waals surface area (Å²) in [6.07, 6.45) is 0.227. The third-order valence-electron chi connectivity index (χ3n) is 4.01. The number of pyridine rings is 2. The van der Waals surface area contributed by atoms with Crippen LogP contribution in [0.2, 0.25) is 0 Å². The molecule has 11 heteroatoms. The van der Waals surface area contributed by atoms with Gasteiger partial charge in [-0.25, -0.2) is 24.9 Å². The Bertz CT molecular complexity index is 1230. The molecule has 0 unspecified atom stereocenters. The van der Waals surface area contributed by atoms with Crippen molar-refractivity contribution in [2.24, 2.45) is 0 Å². The van der Waals surface area contributed by atoms with E-state index in [2.05, 4.69) is 24.9 Å². The van der Waals surface area contributed by atoms with Crippen LogP contribution in [0.4, 0.5) is 13.2 Å². The fourth-order valence-electron chi connectivity index (χ4n) is 2.66. The largest absolute Gasteiger partial charge is 0.481 e. The van der Waals surface area contributed by atoms with Gasteiger partial charge in [0.1, 0.15) is 17.3 Å². The van der Waals surface area contributed by atoms with E-state index in [1.54, 1.807) is 12.1 Å². The maximum atomic E-state index is 13.1. The Hall–Kier alpha value is -4.07. The van der Waals surface area contributed by atoms with Crippen LogP contribution >= 0.6 is 0 Å². The fourth-order valence-corrected chi connectivity index (χ4v) is 2.66. The van der Waals surface area contributed by atoms with Crippen LogP contribution in [-0.2, 0) is 6.18 Å². The minimum absolute atomic E-state index is 0.0248. The minimum Gasteiger partial charge on any atom is -0.481 e. The summed E-state index contributed by atoms with van der Waals surface area (Å²) >= 11 is 0. The molecule has 0 atom stereocenters. The van der Waals surface area contributed by atoms with Crippen LogP contribution < -0.4 is 4.74 Å². The van der Waals surface area contributed by atoms with Crippen LogP contribution in [-0.4, -0.2) is 36.6 Å². The van der Waals surface area contributed by atoms with Crippen LogP contribution in [0.5, 0.6) is 5.88 Å². The van der Waals surface area contributed by atoms with E-state index in [1.807, 2.05) is 6.07 Å². The van der Waals surface area contributed by atoms with Crippen LogP contribution in [0, 0.1) is 11.3 Å². The van der Waals surface area contributed by atoms with Gasteiger partial charge >= 0.3 is 6.18 Å². The molecule has 0 fully saturated rings. The summed E-state index contributed by atoms with van der Waals surface area (Å²) in [4.78, 5) is 20.5. The highest BCUT2D eigenvalue weighted by atomic mass is 19.4. The third kappa shape index (κ3) is 3.31. The molecule has 0 bridgehead atoms. The van der Waals surface area contributed by atoms with Crippen molar-refractivity contribution < 1.29 is 17.9 Å². The molecular formula is C18H10F3N7O. The lowest BCUT2D eigenvalue weighted by Crippen LogP contribution is -2.06. The molecule has 0 aliphatic heterocycles. The van der Waals surface area contributed by atoms with Gasteiger partial charge < -0.3 is 4.74 Å². The number of hydrogen-bond acceptors (Lipinski definition) is 7. The molecule has 0 N–H and O–H groups in total. The molecule has 4 rings (SSSR count).